The summed E-state index contributed by atoms with van der Waals surface area (Å²) in [5.41, 5.74) is 3.96. The fourth-order valence-corrected chi connectivity index (χ4v) is 7.45. The molecule has 1 atom stereocenters. The second-order valence-electron chi connectivity index (χ2n) is 13.9. The van der Waals surface area contributed by atoms with E-state index in [0.29, 0.717) is 65.3 Å². The van der Waals surface area contributed by atoms with Gasteiger partial charge in [0.05, 0.1) is 83.0 Å². The molecular formula is C39H56N6O8S. The Morgan fingerprint density at radius 2 is 1.56 bits per heavy atom. The fourth-order valence-electron chi connectivity index (χ4n) is 6.58. The van der Waals surface area contributed by atoms with Crippen LogP contribution in [0, 0.1) is 0 Å². The molecule has 2 heterocycles. The third kappa shape index (κ3) is 12.4. The number of nitrogens with one attached hydrogen (secondary N) is 1. The Kier molecular flexibility index (Phi) is 16.0. The molecule has 3 aromatic rings. The first-order chi connectivity index (χ1) is 26.1. The van der Waals surface area contributed by atoms with Gasteiger partial charge in [0.25, 0.3) is 10.1 Å². The van der Waals surface area contributed by atoms with Gasteiger partial charge in [0.15, 0.2) is 0 Å². The summed E-state index contributed by atoms with van der Waals surface area (Å²) in [5.74, 6) is 1.62. The van der Waals surface area contributed by atoms with Gasteiger partial charge in [0.2, 0.25) is 5.95 Å². The molecule has 54 heavy (non-hydrogen) atoms. The van der Waals surface area contributed by atoms with E-state index in [9.17, 15) is 13.0 Å². The van der Waals surface area contributed by atoms with Gasteiger partial charge in [0.1, 0.15) is 10.6 Å². The summed E-state index contributed by atoms with van der Waals surface area (Å²) in [6.45, 7) is 6.31. The Hall–Kier alpha value is -3.70. The van der Waals surface area contributed by atoms with Gasteiger partial charge in [-0.2, -0.15) is 13.5 Å². The van der Waals surface area contributed by atoms with E-state index in [1.165, 1.54) is 5.56 Å². The first-order valence-electron chi connectivity index (χ1n) is 18.8. The summed E-state index contributed by atoms with van der Waals surface area (Å²) in [5, 5.41) is 8.23. The molecule has 1 saturated carbocycles. The number of hydrogen-bond acceptors (Lipinski definition) is 12. The molecule has 0 amide bonds. The van der Waals surface area contributed by atoms with Gasteiger partial charge >= 0.3 is 0 Å². The Bertz CT molecular complexity index is 1740. The molecular weight excluding hydrogens is 713 g/mol. The number of aromatic nitrogens is 4. The SMILES string of the molecule is CC1=CCC(CCOCCOCCOCCOCCOC2CCC(Nc3nccc(-c4cnn(Cc5ccccc5)c4N(C)C)n3)CC2)(S(=O)(=O)O)C=C1. The highest BCUT2D eigenvalue weighted by Crippen LogP contribution is 2.33. The molecule has 1 aromatic carbocycles. The molecule has 5 rings (SSSR count). The van der Waals surface area contributed by atoms with Gasteiger partial charge in [-0.1, -0.05) is 54.1 Å². The van der Waals surface area contributed by atoms with E-state index >= 15 is 0 Å². The van der Waals surface area contributed by atoms with Crippen LogP contribution >= 0.6 is 0 Å². The number of anilines is 2. The zero-order chi connectivity index (χ0) is 38.2. The van der Waals surface area contributed by atoms with Crippen molar-refractivity contribution in [3.05, 3.63) is 78.2 Å². The highest BCUT2D eigenvalue weighted by molar-refractivity contribution is 7.87. The zero-order valence-electron chi connectivity index (χ0n) is 31.8. The molecule has 2 aliphatic rings. The van der Waals surface area contributed by atoms with E-state index in [4.69, 9.17) is 28.7 Å². The number of allylic oxidation sites excluding steroid dienone is 3. The smallest absolute Gasteiger partial charge is 0.274 e. The second-order valence-corrected chi connectivity index (χ2v) is 15.7. The number of benzene rings is 1. The van der Waals surface area contributed by atoms with Crippen molar-refractivity contribution >= 4 is 21.9 Å². The molecule has 0 radical (unpaired) electrons. The maximum absolute atomic E-state index is 11.9. The van der Waals surface area contributed by atoms with E-state index in [1.807, 2.05) is 62.2 Å². The number of hydrogen-bond donors (Lipinski definition) is 2. The average Bonchev–Trinajstić information content (AvgIpc) is 3.58. The van der Waals surface area contributed by atoms with Gasteiger partial charge in [-0.15, -0.1) is 0 Å². The Morgan fingerprint density at radius 3 is 2.17 bits per heavy atom. The van der Waals surface area contributed by atoms with E-state index in [1.54, 1.807) is 18.3 Å². The van der Waals surface area contributed by atoms with Crippen molar-refractivity contribution in [3.8, 4) is 11.3 Å². The summed E-state index contributed by atoms with van der Waals surface area (Å²) >= 11 is 0. The summed E-state index contributed by atoms with van der Waals surface area (Å²) in [6, 6.07) is 12.5. The topological polar surface area (TPSA) is 159 Å². The van der Waals surface area contributed by atoms with Gasteiger partial charge in [-0.25, -0.2) is 14.6 Å². The molecule has 0 saturated heterocycles. The van der Waals surface area contributed by atoms with Crippen LogP contribution in [0.25, 0.3) is 11.3 Å². The second kappa shape index (κ2) is 20.8. The molecule has 1 unspecified atom stereocenters. The minimum atomic E-state index is -4.25. The Balaban J connectivity index is 0.877. The van der Waals surface area contributed by atoms with Crippen LogP contribution < -0.4 is 10.2 Å². The number of rotatable bonds is 23. The molecule has 2 aliphatic carbocycles. The van der Waals surface area contributed by atoms with Crippen LogP contribution in [0.5, 0.6) is 0 Å². The van der Waals surface area contributed by atoms with Gasteiger partial charge < -0.3 is 33.9 Å². The maximum Gasteiger partial charge on any atom is 0.274 e. The predicted molar refractivity (Wildman–Crippen MR) is 208 cm³/mol. The normalized spacial score (nSPS) is 20.2. The number of nitrogens with zero attached hydrogens (tertiary/aromatic N) is 5. The quantitative estimate of drug-likeness (QED) is 0.0961. The van der Waals surface area contributed by atoms with Crippen molar-refractivity contribution < 1.29 is 36.7 Å². The van der Waals surface area contributed by atoms with Crippen LogP contribution in [0.2, 0.25) is 0 Å². The summed E-state index contributed by atoms with van der Waals surface area (Å²) in [7, 11) is -0.197. The third-order valence-corrected chi connectivity index (χ3v) is 11.2. The van der Waals surface area contributed by atoms with E-state index in [0.717, 1.165) is 48.3 Å². The average molecular weight is 769 g/mol. The minimum absolute atomic E-state index is 0.175. The molecule has 14 nitrogen and oxygen atoms in total. The summed E-state index contributed by atoms with van der Waals surface area (Å²) in [4.78, 5) is 11.5. The van der Waals surface area contributed by atoms with Crippen LogP contribution in [0.4, 0.5) is 11.8 Å². The standard InChI is InChI=1S/C39H56N6O8S/c1-31-13-16-39(17-14-31,54(46,47)48)18-20-49-21-22-50-23-24-51-25-26-52-27-28-53-34-11-9-33(10-12-34)42-38-40-19-15-36(43-38)35-29-41-45(37(35)44(2)3)30-32-7-5-4-6-8-32/h4-8,13-16,19,29,33-34H,9-12,17-18,20-28,30H2,1-3H3,(H,40,42,43)(H,46,47,48). The Morgan fingerprint density at radius 1 is 0.907 bits per heavy atom. The summed E-state index contributed by atoms with van der Waals surface area (Å²) < 4.78 is 62.7. The van der Waals surface area contributed by atoms with Crippen LogP contribution in [-0.2, 0) is 40.3 Å². The van der Waals surface area contributed by atoms with Crippen molar-refractivity contribution in [1.82, 2.24) is 19.7 Å². The first kappa shape index (κ1) is 41.5. The predicted octanol–water partition coefficient (Wildman–Crippen LogP) is 5.18. The molecule has 2 N–H and O–H groups in total. The molecule has 0 spiro atoms. The third-order valence-electron chi connectivity index (χ3n) is 9.65. The van der Waals surface area contributed by atoms with Crippen molar-refractivity contribution in [2.24, 2.45) is 0 Å². The lowest BCUT2D eigenvalue weighted by atomic mass is 9.93. The molecule has 0 aliphatic heterocycles. The molecule has 15 heteroatoms. The van der Waals surface area contributed by atoms with Gasteiger partial charge in [-0.3, -0.25) is 4.55 Å². The monoisotopic (exact) mass is 768 g/mol. The number of ether oxygens (including phenoxy) is 5. The highest BCUT2D eigenvalue weighted by Gasteiger charge is 2.40. The minimum Gasteiger partial charge on any atom is -0.379 e. The molecule has 0 bridgehead atoms. The Labute approximate surface area is 319 Å². The zero-order valence-corrected chi connectivity index (χ0v) is 32.6. The van der Waals surface area contributed by atoms with Crippen molar-refractivity contribution in [3.63, 3.8) is 0 Å². The van der Waals surface area contributed by atoms with E-state index < -0.39 is 14.9 Å². The largest absolute Gasteiger partial charge is 0.379 e. The molecule has 2 aromatic heterocycles. The maximum atomic E-state index is 11.9. The van der Waals surface area contributed by atoms with Gasteiger partial charge in [0, 0.05) is 32.9 Å². The van der Waals surface area contributed by atoms with Crippen molar-refractivity contribution in [2.45, 2.75) is 68.9 Å². The van der Waals surface area contributed by atoms with Crippen LogP contribution in [0.1, 0.15) is 51.0 Å². The highest BCUT2D eigenvalue weighted by atomic mass is 32.2. The fraction of sp³-hybridized carbons (Fsp3) is 0.564. The van der Waals surface area contributed by atoms with E-state index in [2.05, 4.69) is 32.4 Å². The van der Waals surface area contributed by atoms with Crippen LogP contribution in [0.3, 0.4) is 0 Å². The molecule has 1 fully saturated rings. The molecule has 296 valence electrons. The lowest BCUT2D eigenvalue weighted by molar-refractivity contribution is -0.0301. The van der Waals surface area contributed by atoms with Crippen molar-refractivity contribution in [1.29, 1.82) is 0 Å². The lowest BCUT2D eigenvalue weighted by Gasteiger charge is -2.29. The van der Waals surface area contributed by atoms with Crippen LogP contribution in [0.15, 0.2) is 72.6 Å². The van der Waals surface area contributed by atoms with Gasteiger partial charge in [-0.05, 0) is 57.1 Å². The van der Waals surface area contributed by atoms with E-state index in [-0.39, 0.29) is 31.6 Å². The lowest BCUT2D eigenvalue weighted by Crippen LogP contribution is -2.38. The summed E-state index contributed by atoms with van der Waals surface area (Å²) in [6.07, 6.45) is 13.3. The van der Waals surface area contributed by atoms with Crippen LogP contribution in [-0.4, -0.2) is 123 Å². The van der Waals surface area contributed by atoms with Crippen molar-refractivity contribution in [2.75, 3.05) is 83.8 Å². The first-order valence-corrected chi connectivity index (χ1v) is 20.2.